The third-order valence-electron chi connectivity index (χ3n) is 3.81. The Kier molecular flexibility index (Phi) is 4.28. The number of hydrogen-bond acceptors (Lipinski definition) is 1. The molecule has 1 unspecified atom stereocenters. The Morgan fingerprint density at radius 1 is 1.33 bits per heavy atom. The van der Waals surface area contributed by atoms with Gasteiger partial charge in [-0.3, -0.25) is 0 Å². The van der Waals surface area contributed by atoms with Gasteiger partial charge in [-0.05, 0) is 64.5 Å². The summed E-state index contributed by atoms with van der Waals surface area (Å²) in [5.41, 5.74) is 1.07. The van der Waals surface area contributed by atoms with Gasteiger partial charge in [-0.25, -0.2) is 0 Å². The first-order valence-corrected chi connectivity index (χ1v) is 7.07. The van der Waals surface area contributed by atoms with Crippen molar-refractivity contribution in [3.8, 4) is 0 Å². The Balaban J connectivity index is 1.77. The zero-order chi connectivity index (χ0) is 13.0. The van der Waals surface area contributed by atoms with Crippen LogP contribution >= 0.6 is 0 Å². The summed E-state index contributed by atoms with van der Waals surface area (Å²) in [4.78, 5) is 0. The second kappa shape index (κ2) is 5.75. The van der Waals surface area contributed by atoms with Crippen LogP contribution in [-0.4, -0.2) is 15.3 Å². The molecule has 1 aliphatic carbocycles. The molecule has 0 fully saturated rings. The topological polar surface area (TPSA) is 25.2 Å². The molecule has 1 aromatic rings. The average molecular weight is 247 g/mol. The van der Waals surface area contributed by atoms with E-state index in [1.807, 2.05) is 13.8 Å². The van der Waals surface area contributed by atoms with Gasteiger partial charge in [-0.2, -0.15) is 0 Å². The van der Waals surface area contributed by atoms with Gasteiger partial charge in [0, 0.05) is 18.4 Å². The number of allylic oxidation sites excluding steroid dienone is 2. The van der Waals surface area contributed by atoms with Gasteiger partial charge >= 0.3 is 0 Å². The summed E-state index contributed by atoms with van der Waals surface area (Å²) in [5, 5.41) is 9.69. The molecule has 1 N–H and O–H groups in total. The molecule has 1 heterocycles. The molecule has 100 valence electrons. The van der Waals surface area contributed by atoms with E-state index in [1.54, 1.807) is 5.57 Å². The van der Waals surface area contributed by atoms with Gasteiger partial charge < -0.3 is 9.67 Å². The quantitative estimate of drug-likeness (QED) is 0.779. The fraction of sp³-hybridized carbons (Fsp3) is 0.625. The van der Waals surface area contributed by atoms with Crippen LogP contribution in [-0.2, 0) is 0 Å². The fourth-order valence-electron chi connectivity index (χ4n) is 2.71. The standard InChI is InChI=1S/C16H25NO/c1-16(2,18)11-5-6-14-7-9-15(10-8-14)17-12-3-4-13-17/h3-4,7,12-13,15,18H,5-6,8-11H2,1-2H3. The number of aliphatic hydroxyl groups is 1. The molecule has 0 aromatic carbocycles. The van der Waals surface area contributed by atoms with Crippen LogP contribution in [0, 0.1) is 0 Å². The largest absolute Gasteiger partial charge is 0.390 e. The second-order valence-electron chi connectivity index (χ2n) is 6.09. The summed E-state index contributed by atoms with van der Waals surface area (Å²) in [6, 6.07) is 4.85. The molecule has 0 amide bonds. The molecular formula is C16H25NO. The SMILES string of the molecule is CC(C)(O)CCCC1=CCC(n2cccc2)CC1. The molecule has 0 spiro atoms. The molecule has 2 rings (SSSR count). The highest BCUT2D eigenvalue weighted by Gasteiger charge is 2.16. The van der Waals surface area contributed by atoms with Crippen molar-refractivity contribution in [1.29, 1.82) is 0 Å². The maximum absolute atomic E-state index is 9.69. The van der Waals surface area contributed by atoms with Crippen molar-refractivity contribution in [2.45, 2.75) is 64.0 Å². The number of hydrogen-bond donors (Lipinski definition) is 1. The number of rotatable bonds is 5. The van der Waals surface area contributed by atoms with Gasteiger partial charge in [0.25, 0.3) is 0 Å². The van der Waals surface area contributed by atoms with Crippen molar-refractivity contribution in [2.75, 3.05) is 0 Å². The minimum Gasteiger partial charge on any atom is -0.390 e. The van der Waals surface area contributed by atoms with Crippen molar-refractivity contribution in [2.24, 2.45) is 0 Å². The van der Waals surface area contributed by atoms with E-state index in [1.165, 1.54) is 12.8 Å². The fourth-order valence-corrected chi connectivity index (χ4v) is 2.71. The maximum atomic E-state index is 9.69. The van der Waals surface area contributed by atoms with Crippen molar-refractivity contribution in [3.05, 3.63) is 36.2 Å². The molecule has 1 aliphatic rings. The van der Waals surface area contributed by atoms with Crippen LogP contribution in [0.15, 0.2) is 36.2 Å². The van der Waals surface area contributed by atoms with E-state index >= 15 is 0 Å². The molecule has 2 nitrogen and oxygen atoms in total. The van der Waals surface area contributed by atoms with Gasteiger partial charge in [0.05, 0.1) is 5.60 Å². The predicted molar refractivity (Wildman–Crippen MR) is 75.6 cm³/mol. The van der Waals surface area contributed by atoms with E-state index in [0.717, 1.165) is 25.7 Å². The Hall–Kier alpha value is -1.02. The first-order chi connectivity index (χ1) is 8.54. The van der Waals surface area contributed by atoms with E-state index in [4.69, 9.17) is 0 Å². The lowest BCUT2D eigenvalue weighted by molar-refractivity contribution is 0.0688. The van der Waals surface area contributed by atoms with Gasteiger partial charge in [0.1, 0.15) is 0 Å². The van der Waals surface area contributed by atoms with E-state index in [0.29, 0.717) is 6.04 Å². The van der Waals surface area contributed by atoms with E-state index < -0.39 is 5.60 Å². The Labute approximate surface area is 110 Å². The number of nitrogens with zero attached hydrogens (tertiary/aromatic N) is 1. The van der Waals surface area contributed by atoms with Crippen molar-refractivity contribution >= 4 is 0 Å². The van der Waals surface area contributed by atoms with E-state index in [9.17, 15) is 5.11 Å². The lowest BCUT2D eigenvalue weighted by Gasteiger charge is -2.24. The molecular weight excluding hydrogens is 222 g/mol. The van der Waals surface area contributed by atoms with Crippen molar-refractivity contribution in [1.82, 2.24) is 4.57 Å². The third kappa shape index (κ3) is 4.02. The maximum Gasteiger partial charge on any atom is 0.0591 e. The predicted octanol–water partition coefficient (Wildman–Crippen LogP) is 4.08. The molecule has 1 atom stereocenters. The molecule has 18 heavy (non-hydrogen) atoms. The highest BCUT2D eigenvalue weighted by molar-refractivity contribution is 5.08. The summed E-state index contributed by atoms with van der Waals surface area (Å²) in [7, 11) is 0. The van der Waals surface area contributed by atoms with Gasteiger partial charge in [0.2, 0.25) is 0 Å². The number of aromatic nitrogens is 1. The summed E-state index contributed by atoms with van der Waals surface area (Å²) in [6.45, 7) is 3.79. The summed E-state index contributed by atoms with van der Waals surface area (Å²) in [6.07, 6.45) is 13.5. The average Bonchev–Trinajstić information content (AvgIpc) is 2.82. The summed E-state index contributed by atoms with van der Waals surface area (Å²) in [5.74, 6) is 0. The van der Waals surface area contributed by atoms with Crippen LogP contribution in [0.5, 0.6) is 0 Å². The van der Waals surface area contributed by atoms with Crippen LogP contribution in [0.1, 0.15) is 58.4 Å². The molecule has 0 saturated heterocycles. The van der Waals surface area contributed by atoms with Crippen LogP contribution in [0.25, 0.3) is 0 Å². The third-order valence-corrected chi connectivity index (χ3v) is 3.81. The van der Waals surface area contributed by atoms with Crippen LogP contribution in [0.2, 0.25) is 0 Å². The van der Waals surface area contributed by atoms with Gasteiger partial charge in [-0.15, -0.1) is 0 Å². The summed E-state index contributed by atoms with van der Waals surface area (Å²) >= 11 is 0. The zero-order valence-electron chi connectivity index (χ0n) is 11.6. The van der Waals surface area contributed by atoms with E-state index in [2.05, 4.69) is 35.2 Å². The minimum atomic E-state index is -0.511. The smallest absolute Gasteiger partial charge is 0.0591 e. The first-order valence-electron chi connectivity index (χ1n) is 7.07. The molecule has 0 aliphatic heterocycles. The van der Waals surface area contributed by atoms with Gasteiger partial charge in [-0.1, -0.05) is 11.6 Å². The zero-order valence-corrected chi connectivity index (χ0v) is 11.6. The molecule has 2 heteroatoms. The highest BCUT2D eigenvalue weighted by Crippen LogP contribution is 2.30. The molecule has 0 saturated carbocycles. The Morgan fingerprint density at radius 2 is 2.06 bits per heavy atom. The monoisotopic (exact) mass is 247 g/mol. The molecule has 0 radical (unpaired) electrons. The van der Waals surface area contributed by atoms with Crippen molar-refractivity contribution < 1.29 is 5.11 Å². The minimum absolute atomic E-state index is 0.511. The Bertz CT molecular complexity index is 384. The van der Waals surface area contributed by atoms with Crippen molar-refractivity contribution in [3.63, 3.8) is 0 Å². The van der Waals surface area contributed by atoms with Crippen LogP contribution in [0.4, 0.5) is 0 Å². The normalized spacial score (nSPS) is 20.8. The second-order valence-corrected chi connectivity index (χ2v) is 6.09. The molecule has 0 bridgehead atoms. The lowest BCUT2D eigenvalue weighted by atomic mass is 9.90. The van der Waals surface area contributed by atoms with Crippen LogP contribution < -0.4 is 0 Å². The van der Waals surface area contributed by atoms with Gasteiger partial charge in [0.15, 0.2) is 0 Å². The summed E-state index contributed by atoms with van der Waals surface area (Å²) < 4.78 is 2.32. The van der Waals surface area contributed by atoms with E-state index in [-0.39, 0.29) is 0 Å². The lowest BCUT2D eigenvalue weighted by Crippen LogP contribution is -2.18. The molecule has 1 aromatic heterocycles. The Morgan fingerprint density at radius 3 is 2.61 bits per heavy atom. The first kappa shape index (κ1) is 13.4. The van der Waals surface area contributed by atoms with Crippen LogP contribution in [0.3, 0.4) is 0 Å². The highest BCUT2D eigenvalue weighted by atomic mass is 16.3.